The third-order valence-corrected chi connectivity index (χ3v) is 1.08. The van der Waals surface area contributed by atoms with Gasteiger partial charge in [0.2, 0.25) is 0 Å². The monoisotopic (exact) mass is 116 g/mol. The van der Waals surface area contributed by atoms with Gasteiger partial charge in [-0.1, -0.05) is 0 Å². The smallest absolute Gasteiger partial charge is 0.183 e. The summed E-state index contributed by atoms with van der Waals surface area (Å²) in [4.78, 5) is 10.2. The molecule has 0 N–H and O–H groups in total. The van der Waals surface area contributed by atoms with Gasteiger partial charge in [-0.25, -0.2) is 0 Å². The van der Waals surface area contributed by atoms with Crippen molar-refractivity contribution in [2.45, 2.75) is 0 Å². The Morgan fingerprint density at radius 3 is 3.00 bits per heavy atom. The van der Waals surface area contributed by atoms with Gasteiger partial charge in [-0.2, -0.15) is 0 Å². The van der Waals surface area contributed by atoms with Crippen LogP contribution in [0.1, 0.15) is 0 Å². The van der Waals surface area contributed by atoms with Gasteiger partial charge < -0.3 is 4.18 Å². The molecule has 1 aliphatic rings. The molecule has 0 aliphatic carbocycles. The van der Waals surface area contributed by atoms with Gasteiger partial charge in [0.05, 0.1) is 0 Å². The Kier molecular flexibility index (Phi) is 1.49. The zero-order valence-electron chi connectivity index (χ0n) is 3.59. The second-order valence-electron chi connectivity index (χ2n) is 1.13. The van der Waals surface area contributed by atoms with Crippen LogP contribution in [0.3, 0.4) is 0 Å². The quantitative estimate of drug-likeness (QED) is 0.437. The van der Waals surface area contributed by atoms with E-state index in [9.17, 15) is 4.79 Å². The zero-order chi connectivity index (χ0) is 5.11. The maximum absolute atomic E-state index is 10.2. The van der Waals surface area contributed by atoms with Crippen molar-refractivity contribution in [1.29, 1.82) is 0 Å². The van der Waals surface area contributed by atoms with E-state index in [0.29, 0.717) is 0 Å². The first kappa shape index (κ1) is 4.87. The molecular formula is C4H4O2S. The first-order valence-electron chi connectivity index (χ1n) is 1.87. The lowest BCUT2D eigenvalue weighted by atomic mass is 10.4. The minimum Gasteiger partial charge on any atom is -0.303 e. The Labute approximate surface area is 45.7 Å². The van der Waals surface area contributed by atoms with Crippen LogP contribution in [0.15, 0.2) is 11.5 Å². The Morgan fingerprint density at radius 1 is 1.86 bits per heavy atom. The van der Waals surface area contributed by atoms with Crippen LogP contribution in [-0.2, 0) is 8.98 Å². The van der Waals surface area contributed by atoms with Gasteiger partial charge in [0, 0.05) is 17.5 Å². The first-order chi connectivity index (χ1) is 3.39. The van der Waals surface area contributed by atoms with Crippen molar-refractivity contribution in [2.75, 3.05) is 6.61 Å². The fraction of sp³-hybridized carbons (Fsp3) is 0.250. The molecule has 1 heterocycles. The zero-order valence-corrected chi connectivity index (χ0v) is 4.40. The molecule has 0 bridgehead atoms. The van der Waals surface area contributed by atoms with Gasteiger partial charge in [-0.05, 0) is 6.08 Å². The maximum atomic E-state index is 10.2. The van der Waals surface area contributed by atoms with Gasteiger partial charge in [0.25, 0.3) is 0 Å². The Morgan fingerprint density at radius 2 is 2.71 bits per heavy atom. The number of ketones is 1. The Balaban J connectivity index is 2.51. The highest BCUT2D eigenvalue weighted by molar-refractivity contribution is 7.97. The standard InChI is InChI=1S/C4H4O2S/c5-4-1-2-7-6-3-4/h1-2H,3H2. The summed E-state index contributed by atoms with van der Waals surface area (Å²) in [5.74, 6) is 0.0405. The third kappa shape index (κ3) is 1.33. The molecule has 0 atom stereocenters. The van der Waals surface area contributed by atoms with E-state index < -0.39 is 0 Å². The first-order valence-corrected chi connectivity index (χ1v) is 2.68. The van der Waals surface area contributed by atoms with E-state index in [0.717, 1.165) is 0 Å². The van der Waals surface area contributed by atoms with Gasteiger partial charge in [-0.3, -0.25) is 4.79 Å². The van der Waals surface area contributed by atoms with Gasteiger partial charge in [0.1, 0.15) is 6.61 Å². The average Bonchev–Trinajstić information content (AvgIpc) is 1.69. The highest BCUT2D eigenvalue weighted by Gasteiger charge is 1.99. The van der Waals surface area contributed by atoms with Crippen LogP contribution in [-0.4, -0.2) is 12.4 Å². The molecule has 3 heteroatoms. The van der Waals surface area contributed by atoms with Crippen molar-refractivity contribution < 1.29 is 8.98 Å². The molecule has 2 nitrogen and oxygen atoms in total. The second-order valence-corrected chi connectivity index (χ2v) is 1.83. The topological polar surface area (TPSA) is 26.3 Å². The van der Waals surface area contributed by atoms with E-state index in [1.54, 1.807) is 5.41 Å². The molecular weight excluding hydrogens is 112 g/mol. The molecule has 1 rings (SSSR count). The fourth-order valence-corrected chi connectivity index (χ4v) is 0.753. The number of rotatable bonds is 0. The fourth-order valence-electron chi connectivity index (χ4n) is 0.283. The molecule has 0 aromatic carbocycles. The van der Waals surface area contributed by atoms with Gasteiger partial charge in [0.15, 0.2) is 5.78 Å². The molecule has 0 radical (unpaired) electrons. The predicted molar refractivity (Wildman–Crippen MR) is 27.7 cm³/mol. The minimum absolute atomic E-state index is 0.0405. The largest absolute Gasteiger partial charge is 0.303 e. The SMILES string of the molecule is O=C1C=CSOC1. The lowest BCUT2D eigenvalue weighted by molar-refractivity contribution is -0.116. The van der Waals surface area contributed by atoms with E-state index in [4.69, 9.17) is 0 Å². The van der Waals surface area contributed by atoms with E-state index in [1.807, 2.05) is 0 Å². The van der Waals surface area contributed by atoms with Crippen molar-refractivity contribution in [3.05, 3.63) is 11.5 Å². The van der Waals surface area contributed by atoms with Crippen LogP contribution >= 0.6 is 12.0 Å². The minimum atomic E-state index is 0.0405. The number of hydrogen-bond donors (Lipinski definition) is 0. The third-order valence-electron chi connectivity index (χ3n) is 0.579. The molecule has 1 aliphatic heterocycles. The molecule has 0 aromatic heterocycles. The average molecular weight is 116 g/mol. The lowest BCUT2D eigenvalue weighted by Crippen LogP contribution is -2.03. The second kappa shape index (κ2) is 2.14. The molecule has 0 saturated heterocycles. The maximum Gasteiger partial charge on any atom is 0.183 e. The van der Waals surface area contributed by atoms with Crippen molar-refractivity contribution in [1.82, 2.24) is 0 Å². The van der Waals surface area contributed by atoms with E-state index in [1.165, 1.54) is 18.1 Å². The van der Waals surface area contributed by atoms with Crippen LogP contribution < -0.4 is 0 Å². The van der Waals surface area contributed by atoms with Gasteiger partial charge in [-0.15, -0.1) is 0 Å². The summed E-state index contributed by atoms with van der Waals surface area (Å²) in [7, 11) is 0. The summed E-state index contributed by atoms with van der Waals surface area (Å²) >= 11 is 1.20. The van der Waals surface area contributed by atoms with Crippen LogP contribution in [0.5, 0.6) is 0 Å². The predicted octanol–water partition coefficient (Wildman–Crippen LogP) is 0.748. The van der Waals surface area contributed by atoms with Crippen LogP contribution in [0.4, 0.5) is 0 Å². The van der Waals surface area contributed by atoms with E-state index in [-0.39, 0.29) is 12.4 Å². The van der Waals surface area contributed by atoms with Crippen molar-refractivity contribution in [3.8, 4) is 0 Å². The molecule has 38 valence electrons. The normalized spacial score (nSPS) is 20.3. The highest BCUT2D eigenvalue weighted by atomic mass is 32.2. The van der Waals surface area contributed by atoms with Crippen LogP contribution in [0.2, 0.25) is 0 Å². The van der Waals surface area contributed by atoms with E-state index >= 15 is 0 Å². The summed E-state index contributed by atoms with van der Waals surface area (Å²) in [5, 5.41) is 1.63. The summed E-state index contributed by atoms with van der Waals surface area (Å²) in [6, 6.07) is 0. The van der Waals surface area contributed by atoms with Crippen LogP contribution in [0.25, 0.3) is 0 Å². The van der Waals surface area contributed by atoms with Gasteiger partial charge >= 0.3 is 0 Å². The molecule has 0 saturated carbocycles. The highest BCUT2D eigenvalue weighted by Crippen LogP contribution is 2.08. The van der Waals surface area contributed by atoms with E-state index in [2.05, 4.69) is 4.18 Å². The molecule has 0 amide bonds. The Hall–Kier alpha value is -0.280. The molecule has 0 unspecified atom stereocenters. The van der Waals surface area contributed by atoms with Crippen molar-refractivity contribution in [3.63, 3.8) is 0 Å². The molecule has 7 heavy (non-hydrogen) atoms. The van der Waals surface area contributed by atoms with Crippen molar-refractivity contribution >= 4 is 17.8 Å². The number of hydrogen-bond acceptors (Lipinski definition) is 3. The number of carbonyl (C=O) groups is 1. The molecule has 0 aromatic rings. The lowest BCUT2D eigenvalue weighted by Gasteiger charge is -1.98. The summed E-state index contributed by atoms with van der Waals surface area (Å²) in [6.45, 7) is 0.223. The Bertz CT molecular complexity index is 108. The van der Waals surface area contributed by atoms with Crippen molar-refractivity contribution in [2.24, 2.45) is 0 Å². The number of carbonyl (C=O) groups excluding carboxylic acids is 1. The summed E-state index contributed by atoms with van der Waals surface area (Å²) < 4.78 is 4.66. The molecule has 0 fully saturated rings. The summed E-state index contributed by atoms with van der Waals surface area (Å²) in [5.41, 5.74) is 0. The summed E-state index contributed by atoms with van der Waals surface area (Å²) in [6.07, 6.45) is 1.51. The molecule has 0 spiro atoms. The van der Waals surface area contributed by atoms with Crippen LogP contribution in [0, 0.1) is 0 Å².